The summed E-state index contributed by atoms with van der Waals surface area (Å²) in [6, 6.07) is 6.10. The second kappa shape index (κ2) is 4.96. The standard InChI is InChI=1S/C14H13F2N3S/c1-8(7-17)19-12-6-10(16)9(15)5-11(12)18-14(19)13-3-2-4-20-13/h2-6,8H,7,17H2,1H3. The Bertz CT molecular complexity index is 749. The molecule has 0 aliphatic heterocycles. The zero-order chi connectivity index (χ0) is 14.3. The molecule has 0 bridgehead atoms. The fraction of sp³-hybridized carbons (Fsp3) is 0.214. The lowest BCUT2D eigenvalue weighted by Gasteiger charge is -2.15. The summed E-state index contributed by atoms with van der Waals surface area (Å²) in [4.78, 5) is 5.38. The summed E-state index contributed by atoms with van der Waals surface area (Å²) in [5.74, 6) is -1.07. The first kappa shape index (κ1) is 13.2. The van der Waals surface area contributed by atoms with Gasteiger partial charge in [-0.05, 0) is 18.4 Å². The van der Waals surface area contributed by atoms with E-state index in [-0.39, 0.29) is 6.04 Å². The van der Waals surface area contributed by atoms with E-state index in [9.17, 15) is 8.78 Å². The first-order valence-corrected chi connectivity index (χ1v) is 7.10. The number of hydrogen-bond donors (Lipinski definition) is 1. The van der Waals surface area contributed by atoms with Crippen LogP contribution in [0, 0.1) is 11.6 Å². The summed E-state index contributed by atoms with van der Waals surface area (Å²) < 4.78 is 28.7. The molecule has 1 aromatic carbocycles. The molecule has 0 fully saturated rings. The molecule has 3 nitrogen and oxygen atoms in total. The Labute approximate surface area is 118 Å². The quantitative estimate of drug-likeness (QED) is 0.802. The second-order valence-corrected chi connectivity index (χ2v) is 5.57. The van der Waals surface area contributed by atoms with E-state index in [0.717, 1.165) is 10.9 Å². The van der Waals surface area contributed by atoms with Crippen molar-refractivity contribution in [2.45, 2.75) is 13.0 Å². The van der Waals surface area contributed by atoms with Gasteiger partial charge in [-0.15, -0.1) is 11.3 Å². The molecule has 1 atom stereocenters. The Balaban J connectivity index is 2.34. The minimum absolute atomic E-state index is 0.0537. The van der Waals surface area contributed by atoms with E-state index in [2.05, 4.69) is 4.98 Å². The number of nitrogens with zero attached hydrogens (tertiary/aromatic N) is 2. The van der Waals surface area contributed by atoms with E-state index in [1.165, 1.54) is 17.4 Å². The van der Waals surface area contributed by atoms with Gasteiger partial charge in [0.05, 0.1) is 15.9 Å². The minimum atomic E-state index is -0.889. The molecular formula is C14H13F2N3S. The van der Waals surface area contributed by atoms with Crippen LogP contribution in [-0.2, 0) is 0 Å². The van der Waals surface area contributed by atoms with Gasteiger partial charge in [-0.2, -0.15) is 0 Å². The number of fused-ring (bicyclic) bond motifs is 1. The average molecular weight is 293 g/mol. The van der Waals surface area contributed by atoms with Crippen molar-refractivity contribution >= 4 is 22.4 Å². The zero-order valence-electron chi connectivity index (χ0n) is 10.8. The van der Waals surface area contributed by atoms with Gasteiger partial charge in [0, 0.05) is 24.7 Å². The van der Waals surface area contributed by atoms with Crippen LogP contribution in [0.4, 0.5) is 8.78 Å². The number of aromatic nitrogens is 2. The largest absolute Gasteiger partial charge is 0.328 e. The van der Waals surface area contributed by atoms with Gasteiger partial charge in [0.1, 0.15) is 0 Å². The van der Waals surface area contributed by atoms with E-state index in [0.29, 0.717) is 23.4 Å². The Morgan fingerprint density at radius 2 is 2.10 bits per heavy atom. The molecule has 3 rings (SSSR count). The van der Waals surface area contributed by atoms with Gasteiger partial charge in [-0.1, -0.05) is 6.07 Å². The molecule has 0 aliphatic carbocycles. The lowest BCUT2D eigenvalue weighted by Crippen LogP contribution is -2.16. The highest BCUT2D eigenvalue weighted by Gasteiger charge is 2.19. The minimum Gasteiger partial charge on any atom is -0.328 e. The number of hydrogen-bond acceptors (Lipinski definition) is 3. The first-order valence-electron chi connectivity index (χ1n) is 6.22. The van der Waals surface area contributed by atoms with Crippen molar-refractivity contribution in [2.24, 2.45) is 5.73 Å². The second-order valence-electron chi connectivity index (χ2n) is 4.62. The van der Waals surface area contributed by atoms with Crippen LogP contribution in [0.5, 0.6) is 0 Å². The van der Waals surface area contributed by atoms with Crippen molar-refractivity contribution in [3.8, 4) is 10.7 Å². The molecule has 1 unspecified atom stereocenters. The molecule has 104 valence electrons. The Hall–Kier alpha value is -1.79. The van der Waals surface area contributed by atoms with Gasteiger partial charge >= 0.3 is 0 Å². The maximum atomic E-state index is 13.5. The summed E-state index contributed by atoms with van der Waals surface area (Å²) in [7, 11) is 0. The van der Waals surface area contributed by atoms with Crippen LogP contribution in [0.2, 0.25) is 0 Å². The lowest BCUT2D eigenvalue weighted by atomic mass is 10.2. The molecule has 0 saturated carbocycles. The van der Waals surface area contributed by atoms with Gasteiger partial charge in [-0.25, -0.2) is 13.8 Å². The molecule has 2 heterocycles. The number of halogens is 2. The van der Waals surface area contributed by atoms with Crippen molar-refractivity contribution in [3.63, 3.8) is 0 Å². The van der Waals surface area contributed by atoms with Crippen molar-refractivity contribution in [1.82, 2.24) is 9.55 Å². The number of nitrogens with two attached hydrogens (primary N) is 1. The van der Waals surface area contributed by atoms with Gasteiger partial charge < -0.3 is 10.3 Å². The molecule has 20 heavy (non-hydrogen) atoms. The summed E-state index contributed by atoms with van der Waals surface area (Å²) in [6.45, 7) is 2.32. The smallest absolute Gasteiger partial charge is 0.161 e. The maximum Gasteiger partial charge on any atom is 0.161 e. The first-order chi connectivity index (χ1) is 9.61. The summed E-state index contributed by atoms with van der Waals surface area (Å²) >= 11 is 1.53. The van der Waals surface area contributed by atoms with Crippen LogP contribution in [0.1, 0.15) is 13.0 Å². The number of thiophene rings is 1. The molecule has 2 N–H and O–H groups in total. The highest BCUT2D eigenvalue weighted by atomic mass is 32.1. The zero-order valence-corrected chi connectivity index (χ0v) is 11.6. The van der Waals surface area contributed by atoms with E-state index >= 15 is 0 Å². The predicted octanol–water partition coefficient (Wildman–Crippen LogP) is 3.56. The highest BCUT2D eigenvalue weighted by Crippen LogP contribution is 2.31. The maximum absolute atomic E-state index is 13.5. The van der Waals surface area contributed by atoms with Gasteiger partial charge in [0.2, 0.25) is 0 Å². The van der Waals surface area contributed by atoms with E-state index in [1.54, 1.807) is 0 Å². The van der Waals surface area contributed by atoms with Crippen LogP contribution >= 0.6 is 11.3 Å². The van der Waals surface area contributed by atoms with E-state index in [4.69, 9.17) is 5.73 Å². The molecule has 2 aromatic heterocycles. The van der Waals surface area contributed by atoms with E-state index in [1.807, 2.05) is 29.0 Å². The van der Waals surface area contributed by atoms with Crippen molar-refractivity contribution in [3.05, 3.63) is 41.3 Å². The SMILES string of the molecule is CC(CN)n1c(-c2cccs2)nc2cc(F)c(F)cc21. The van der Waals surface area contributed by atoms with Crippen LogP contribution in [-0.4, -0.2) is 16.1 Å². The topological polar surface area (TPSA) is 43.8 Å². The molecule has 0 radical (unpaired) electrons. The average Bonchev–Trinajstić information content (AvgIpc) is 3.05. The van der Waals surface area contributed by atoms with Crippen molar-refractivity contribution < 1.29 is 8.78 Å². The fourth-order valence-corrected chi connectivity index (χ4v) is 2.93. The Morgan fingerprint density at radius 3 is 2.75 bits per heavy atom. The lowest BCUT2D eigenvalue weighted by molar-refractivity contribution is 0.509. The summed E-state index contributed by atoms with van der Waals surface area (Å²) in [5, 5.41) is 1.94. The number of imidazole rings is 1. The molecule has 0 saturated heterocycles. The predicted molar refractivity (Wildman–Crippen MR) is 76.7 cm³/mol. The monoisotopic (exact) mass is 293 g/mol. The van der Waals surface area contributed by atoms with Crippen LogP contribution in [0.3, 0.4) is 0 Å². The molecular weight excluding hydrogens is 280 g/mol. The van der Waals surface area contributed by atoms with Crippen LogP contribution in [0.15, 0.2) is 29.6 Å². The Morgan fingerprint density at radius 1 is 1.35 bits per heavy atom. The van der Waals surface area contributed by atoms with Gasteiger partial charge in [-0.3, -0.25) is 0 Å². The molecule has 3 aromatic rings. The third-order valence-electron chi connectivity index (χ3n) is 3.25. The third kappa shape index (κ3) is 2.01. The normalized spacial score (nSPS) is 13.0. The van der Waals surface area contributed by atoms with Crippen molar-refractivity contribution in [2.75, 3.05) is 6.54 Å². The fourth-order valence-electron chi connectivity index (χ4n) is 2.22. The summed E-state index contributed by atoms with van der Waals surface area (Å²) in [5.41, 5.74) is 6.73. The molecule has 6 heteroatoms. The van der Waals surface area contributed by atoms with Gasteiger partial charge in [0.25, 0.3) is 0 Å². The molecule has 0 spiro atoms. The summed E-state index contributed by atoms with van der Waals surface area (Å²) in [6.07, 6.45) is 0. The number of benzene rings is 1. The third-order valence-corrected chi connectivity index (χ3v) is 4.12. The van der Waals surface area contributed by atoms with Crippen molar-refractivity contribution in [1.29, 1.82) is 0 Å². The van der Waals surface area contributed by atoms with Gasteiger partial charge in [0.15, 0.2) is 17.5 Å². The van der Waals surface area contributed by atoms with Crippen LogP contribution in [0.25, 0.3) is 21.7 Å². The Kier molecular flexibility index (Phi) is 3.27. The highest BCUT2D eigenvalue weighted by molar-refractivity contribution is 7.13. The molecule has 0 amide bonds. The van der Waals surface area contributed by atoms with E-state index < -0.39 is 11.6 Å². The number of rotatable bonds is 3. The molecule has 0 aliphatic rings. The van der Waals surface area contributed by atoms with Crippen LogP contribution < -0.4 is 5.73 Å².